The summed E-state index contributed by atoms with van der Waals surface area (Å²) in [6.45, 7) is 4.33. The third-order valence-corrected chi connectivity index (χ3v) is 3.82. The summed E-state index contributed by atoms with van der Waals surface area (Å²) in [6.07, 6.45) is 4.51. The fourth-order valence-corrected chi connectivity index (χ4v) is 2.69. The van der Waals surface area contributed by atoms with Crippen LogP contribution in [0.2, 0.25) is 0 Å². The van der Waals surface area contributed by atoms with Crippen molar-refractivity contribution in [1.82, 2.24) is 0 Å². The Bertz CT molecular complexity index is 381. The van der Waals surface area contributed by atoms with Gasteiger partial charge in [0.2, 0.25) is 0 Å². The number of Topliss-reactive ketones (excluding diaryl/α,β-unsaturated/α-hetero) is 1. The summed E-state index contributed by atoms with van der Waals surface area (Å²) in [5, 5.41) is 0. The van der Waals surface area contributed by atoms with Crippen molar-refractivity contribution in [2.24, 2.45) is 11.8 Å². The molecule has 1 aromatic rings. The molecule has 86 valence electrons. The average Bonchev–Trinajstić information content (AvgIpc) is 2.74. The van der Waals surface area contributed by atoms with Gasteiger partial charge in [0.15, 0.2) is 5.78 Å². The van der Waals surface area contributed by atoms with Crippen molar-refractivity contribution in [3.05, 3.63) is 35.4 Å². The minimum Gasteiger partial charge on any atom is -0.294 e. The van der Waals surface area contributed by atoms with Gasteiger partial charge in [0.25, 0.3) is 0 Å². The van der Waals surface area contributed by atoms with Crippen LogP contribution in [0.25, 0.3) is 0 Å². The highest BCUT2D eigenvalue weighted by Crippen LogP contribution is 2.33. The number of hydrogen-bond acceptors (Lipinski definition) is 1. The summed E-state index contributed by atoms with van der Waals surface area (Å²) in [7, 11) is 0. The Kier molecular flexibility index (Phi) is 3.42. The lowest BCUT2D eigenvalue weighted by Gasteiger charge is -2.14. The maximum atomic E-state index is 12.3. The molecule has 0 heterocycles. The molecular weight excluding hydrogens is 196 g/mol. The van der Waals surface area contributed by atoms with Gasteiger partial charge in [-0.15, -0.1) is 0 Å². The first kappa shape index (κ1) is 11.4. The Balaban J connectivity index is 2.19. The van der Waals surface area contributed by atoms with Crippen LogP contribution in [-0.4, -0.2) is 5.78 Å². The molecule has 0 N–H and O–H groups in total. The van der Waals surface area contributed by atoms with E-state index in [0.717, 1.165) is 18.4 Å². The number of benzene rings is 1. The molecule has 0 bridgehead atoms. The van der Waals surface area contributed by atoms with Crippen molar-refractivity contribution >= 4 is 5.78 Å². The van der Waals surface area contributed by atoms with E-state index >= 15 is 0 Å². The number of rotatable bonds is 3. The summed E-state index contributed by atoms with van der Waals surface area (Å²) in [5.41, 5.74) is 2.18. The third-order valence-electron chi connectivity index (χ3n) is 3.82. The van der Waals surface area contributed by atoms with E-state index in [4.69, 9.17) is 0 Å². The lowest BCUT2D eigenvalue weighted by Crippen LogP contribution is -2.17. The van der Waals surface area contributed by atoms with Gasteiger partial charge >= 0.3 is 0 Å². The molecule has 1 fully saturated rings. The SMILES string of the molecule is CCc1cccc(C(=O)C2CCCC2C)c1. The molecule has 1 aromatic carbocycles. The average molecular weight is 216 g/mol. The van der Waals surface area contributed by atoms with Gasteiger partial charge in [-0.25, -0.2) is 0 Å². The van der Waals surface area contributed by atoms with Crippen molar-refractivity contribution < 1.29 is 4.79 Å². The number of carbonyl (C=O) groups is 1. The molecule has 0 aliphatic heterocycles. The van der Waals surface area contributed by atoms with E-state index in [1.165, 1.54) is 18.4 Å². The molecule has 1 nitrogen and oxygen atoms in total. The first-order valence-electron chi connectivity index (χ1n) is 6.35. The summed E-state index contributed by atoms with van der Waals surface area (Å²) in [4.78, 5) is 12.3. The van der Waals surface area contributed by atoms with E-state index in [9.17, 15) is 4.79 Å². The standard InChI is InChI=1S/C15H20O/c1-3-12-7-5-8-13(10-12)15(16)14-9-4-6-11(14)2/h5,7-8,10-11,14H,3-4,6,9H2,1-2H3. The van der Waals surface area contributed by atoms with Gasteiger partial charge in [0, 0.05) is 11.5 Å². The monoisotopic (exact) mass is 216 g/mol. The molecule has 0 radical (unpaired) electrons. The quantitative estimate of drug-likeness (QED) is 0.701. The molecule has 2 atom stereocenters. The Morgan fingerprint density at radius 3 is 2.81 bits per heavy atom. The molecule has 16 heavy (non-hydrogen) atoms. The summed E-state index contributed by atoms with van der Waals surface area (Å²) in [5.74, 6) is 1.20. The molecule has 1 saturated carbocycles. The number of aryl methyl sites for hydroxylation is 1. The minimum absolute atomic E-state index is 0.270. The fraction of sp³-hybridized carbons (Fsp3) is 0.533. The van der Waals surface area contributed by atoms with Crippen LogP contribution in [0.3, 0.4) is 0 Å². The van der Waals surface area contributed by atoms with Gasteiger partial charge < -0.3 is 0 Å². The van der Waals surface area contributed by atoms with Gasteiger partial charge in [-0.1, -0.05) is 38.5 Å². The fourth-order valence-electron chi connectivity index (χ4n) is 2.69. The zero-order valence-corrected chi connectivity index (χ0v) is 10.2. The Morgan fingerprint density at radius 1 is 1.38 bits per heavy atom. The first-order chi connectivity index (χ1) is 7.72. The van der Waals surface area contributed by atoms with Gasteiger partial charge in [-0.2, -0.15) is 0 Å². The second kappa shape index (κ2) is 4.82. The zero-order valence-electron chi connectivity index (χ0n) is 10.2. The smallest absolute Gasteiger partial charge is 0.166 e. The van der Waals surface area contributed by atoms with E-state index in [-0.39, 0.29) is 5.92 Å². The highest BCUT2D eigenvalue weighted by atomic mass is 16.1. The third kappa shape index (κ3) is 2.18. The van der Waals surface area contributed by atoms with E-state index in [1.807, 2.05) is 12.1 Å². The van der Waals surface area contributed by atoms with Crippen LogP contribution in [0.1, 0.15) is 49.0 Å². The van der Waals surface area contributed by atoms with Crippen LogP contribution in [0.15, 0.2) is 24.3 Å². The van der Waals surface area contributed by atoms with Crippen LogP contribution in [0.5, 0.6) is 0 Å². The van der Waals surface area contributed by atoms with Crippen molar-refractivity contribution in [1.29, 1.82) is 0 Å². The van der Waals surface area contributed by atoms with Crippen LogP contribution in [-0.2, 0) is 6.42 Å². The molecule has 2 rings (SSSR count). The number of carbonyl (C=O) groups excluding carboxylic acids is 1. The lowest BCUT2D eigenvalue weighted by molar-refractivity contribution is 0.0897. The Morgan fingerprint density at radius 2 is 2.19 bits per heavy atom. The predicted octanol–water partition coefficient (Wildman–Crippen LogP) is 3.87. The summed E-state index contributed by atoms with van der Waals surface area (Å²) >= 11 is 0. The molecule has 0 amide bonds. The van der Waals surface area contributed by atoms with Crippen molar-refractivity contribution in [2.45, 2.75) is 39.5 Å². The van der Waals surface area contributed by atoms with E-state index < -0.39 is 0 Å². The maximum Gasteiger partial charge on any atom is 0.166 e. The molecule has 0 spiro atoms. The van der Waals surface area contributed by atoms with Crippen LogP contribution in [0, 0.1) is 11.8 Å². The van der Waals surface area contributed by atoms with Gasteiger partial charge in [0.05, 0.1) is 0 Å². The Labute approximate surface area is 97.9 Å². The van der Waals surface area contributed by atoms with Crippen molar-refractivity contribution in [2.75, 3.05) is 0 Å². The zero-order chi connectivity index (χ0) is 11.5. The molecular formula is C15H20O. The molecule has 0 saturated heterocycles. The molecule has 1 aliphatic carbocycles. The van der Waals surface area contributed by atoms with E-state index in [0.29, 0.717) is 11.7 Å². The number of ketones is 1. The summed E-state index contributed by atoms with van der Waals surface area (Å²) in [6, 6.07) is 8.13. The maximum absolute atomic E-state index is 12.3. The largest absolute Gasteiger partial charge is 0.294 e. The van der Waals surface area contributed by atoms with Crippen LogP contribution < -0.4 is 0 Å². The van der Waals surface area contributed by atoms with Crippen LogP contribution >= 0.6 is 0 Å². The second-order valence-corrected chi connectivity index (χ2v) is 4.93. The minimum atomic E-state index is 0.270. The van der Waals surface area contributed by atoms with Crippen LogP contribution in [0.4, 0.5) is 0 Å². The predicted molar refractivity (Wildman–Crippen MR) is 66.7 cm³/mol. The molecule has 1 heteroatoms. The lowest BCUT2D eigenvalue weighted by atomic mass is 9.89. The van der Waals surface area contributed by atoms with Gasteiger partial charge in [-0.05, 0) is 36.8 Å². The Hall–Kier alpha value is -1.11. The number of hydrogen-bond donors (Lipinski definition) is 0. The highest BCUT2D eigenvalue weighted by Gasteiger charge is 2.30. The first-order valence-corrected chi connectivity index (χ1v) is 6.35. The summed E-state index contributed by atoms with van der Waals surface area (Å²) < 4.78 is 0. The second-order valence-electron chi connectivity index (χ2n) is 4.93. The normalized spacial score (nSPS) is 24.6. The van der Waals surface area contributed by atoms with Gasteiger partial charge in [0.1, 0.15) is 0 Å². The van der Waals surface area contributed by atoms with Gasteiger partial charge in [-0.3, -0.25) is 4.79 Å². The van der Waals surface area contributed by atoms with E-state index in [1.54, 1.807) is 0 Å². The molecule has 0 aromatic heterocycles. The topological polar surface area (TPSA) is 17.1 Å². The molecule has 2 unspecified atom stereocenters. The van der Waals surface area contributed by atoms with Crippen molar-refractivity contribution in [3.63, 3.8) is 0 Å². The van der Waals surface area contributed by atoms with Crippen molar-refractivity contribution in [3.8, 4) is 0 Å². The van der Waals surface area contributed by atoms with E-state index in [2.05, 4.69) is 26.0 Å². The molecule has 1 aliphatic rings. The highest BCUT2D eigenvalue weighted by molar-refractivity contribution is 5.98.